The molecular weight excluding hydrogens is 202 g/mol. The third-order valence-corrected chi connectivity index (χ3v) is 3.00. The Bertz CT molecular complexity index is 321. The van der Waals surface area contributed by atoms with Crippen LogP contribution in [0.3, 0.4) is 0 Å². The van der Waals surface area contributed by atoms with Gasteiger partial charge in [0, 0.05) is 11.4 Å². The van der Waals surface area contributed by atoms with Crippen LogP contribution in [0, 0.1) is 11.8 Å². The monoisotopic (exact) mass is 213 g/mol. The largest absolute Gasteiger partial charge is 0.290 e. The Balaban J connectivity index is 2.48. The van der Waals surface area contributed by atoms with Crippen LogP contribution in [0.25, 0.3) is 0 Å². The van der Waals surface area contributed by atoms with Gasteiger partial charge in [-0.25, -0.2) is 0 Å². The van der Waals surface area contributed by atoms with Gasteiger partial charge < -0.3 is 0 Å². The van der Waals surface area contributed by atoms with E-state index >= 15 is 0 Å². The first-order valence-corrected chi connectivity index (χ1v) is 5.30. The average Bonchev–Trinajstić information content (AvgIpc) is 2.48. The predicted molar refractivity (Wildman–Crippen MR) is 59.1 cm³/mol. The highest BCUT2D eigenvalue weighted by molar-refractivity contribution is 7.10. The molecule has 0 radical (unpaired) electrons. The zero-order chi connectivity index (χ0) is 9.68. The summed E-state index contributed by atoms with van der Waals surface area (Å²) in [5.74, 6) is 5.89. The van der Waals surface area contributed by atoms with E-state index in [1.54, 1.807) is 11.3 Å². The van der Waals surface area contributed by atoms with Gasteiger partial charge >= 0.3 is 0 Å². The smallest absolute Gasteiger partial charge is 0.0602 e. The molecular formula is C10H12ClNS. The van der Waals surface area contributed by atoms with E-state index < -0.39 is 0 Å². The van der Waals surface area contributed by atoms with Gasteiger partial charge in [0.25, 0.3) is 0 Å². The van der Waals surface area contributed by atoms with Crippen molar-refractivity contribution < 1.29 is 0 Å². The first kappa shape index (κ1) is 10.6. The van der Waals surface area contributed by atoms with Gasteiger partial charge in [0.2, 0.25) is 0 Å². The number of halogens is 1. The van der Waals surface area contributed by atoms with E-state index in [-0.39, 0.29) is 0 Å². The molecule has 1 rings (SSSR count). The molecule has 0 N–H and O–H groups in total. The maximum atomic E-state index is 5.97. The Labute approximate surface area is 88.3 Å². The Hall–Kier alpha value is -0.490. The van der Waals surface area contributed by atoms with Gasteiger partial charge in [0.15, 0.2) is 0 Å². The van der Waals surface area contributed by atoms with Gasteiger partial charge in [-0.05, 0) is 25.4 Å². The fourth-order valence-corrected chi connectivity index (χ4v) is 2.13. The number of hydrogen-bond acceptors (Lipinski definition) is 2. The van der Waals surface area contributed by atoms with Crippen molar-refractivity contribution >= 4 is 22.9 Å². The van der Waals surface area contributed by atoms with Crippen LogP contribution in [0.2, 0.25) is 5.02 Å². The van der Waals surface area contributed by atoms with E-state index in [4.69, 9.17) is 11.6 Å². The molecule has 1 nitrogen and oxygen atoms in total. The van der Waals surface area contributed by atoms with Crippen LogP contribution in [-0.4, -0.2) is 18.5 Å². The van der Waals surface area contributed by atoms with Gasteiger partial charge in [-0.1, -0.05) is 17.5 Å². The third-order valence-electron chi connectivity index (χ3n) is 1.63. The second-order valence-electron chi connectivity index (χ2n) is 2.79. The normalized spacial score (nSPS) is 9.85. The number of thiophene rings is 1. The molecule has 0 amide bonds. The van der Waals surface area contributed by atoms with E-state index in [9.17, 15) is 0 Å². The lowest BCUT2D eigenvalue weighted by Crippen LogP contribution is -2.17. The van der Waals surface area contributed by atoms with E-state index in [0.29, 0.717) is 0 Å². The predicted octanol–water partition coefficient (Wildman–Crippen LogP) is 2.86. The second kappa shape index (κ2) is 5.29. The summed E-state index contributed by atoms with van der Waals surface area (Å²) < 4.78 is 0. The quantitative estimate of drug-likeness (QED) is 0.698. The minimum atomic E-state index is 0.796. The van der Waals surface area contributed by atoms with Crippen LogP contribution >= 0.6 is 22.9 Å². The molecule has 1 aromatic rings. The summed E-state index contributed by atoms with van der Waals surface area (Å²) in [6, 6.07) is 1.93. The summed E-state index contributed by atoms with van der Waals surface area (Å²) in [4.78, 5) is 3.36. The van der Waals surface area contributed by atoms with Crippen molar-refractivity contribution in [3.63, 3.8) is 0 Å². The molecule has 1 heterocycles. The fourth-order valence-electron chi connectivity index (χ4n) is 0.953. The minimum Gasteiger partial charge on any atom is -0.290 e. The van der Waals surface area contributed by atoms with Crippen molar-refractivity contribution in [2.24, 2.45) is 0 Å². The third kappa shape index (κ3) is 3.40. The second-order valence-corrected chi connectivity index (χ2v) is 4.20. The molecule has 0 atom stereocenters. The lowest BCUT2D eigenvalue weighted by atomic mass is 10.4. The molecule has 0 bridgehead atoms. The van der Waals surface area contributed by atoms with E-state index in [2.05, 4.69) is 16.7 Å². The fraction of sp³-hybridized carbons (Fsp3) is 0.400. The number of rotatable bonds is 3. The zero-order valence-corrected chi connectivity index (χ0v) is 9.37. The Morgan fingerprint density at radius 1 is 1.62 bits per heavy atom. The van der Waals surface area contributed by atoms with Crippen molar-refractivity contribution in [3.8, 4) is 11.8 Å². The van der Waals surface area contributed by atoms with Crippen molar-refractivity contribution in [1.29, 1.82) is 0 Å². The van der Waals surface area contributed by atoms with Gasteiger partial charge in [0.05, 0.1) is 11.6 Å². The molecule has 0 aromatic carbocycles. The van der Waals surface area contributed by atoms with Crippen molar-refractivity contribution in [3.05, 3.63) is 21.3 Å². The molecule has 70 valence electrons. The van der Waals surface area contributed by atoms with Crippen LogP contribution in [0.15, 0.2) is 11.4 Å². The maximum Gasteiger partial charge on any atom is 0.0602 e. The highest BCUT2D eigenvalue weighted by Crippen LogP contribution is 2.22. The Morgan fingerprint density at radius 2 is 2.38 bits per heavy atom. The molecule has 0 fully saturated rings. The molecule has 13 heavy (non-hydrogen) atoms. The van der Waals surface area contributed by atoms with Gasteiger partial charge in [-0.2, -0.15) is 0 Å². The molecule has 0 spiro atoms. The molecule has 0 saturated heterocycles. The lowest BCUT2D eigenvalue weighted by molar-refractivity contribution is 0.372. The van der Waals surface area contributed by atoms with Crippen molar-refractivity contribution in [2.75, 3.05) is 13.6 Å². The first-order chi connectivity index (χ1) is 6.24. The molecule has 0 saturated carbocycles. The minimum absolute atomic E-state index is 0.796. The summed E-state index contributed by atoms with van der Waals surface area (Å²) in [7, 11) is 2.04. The zero-order valence-electron chi connectivity index (χ0n) is 7.80. The topological polar surface area (TPSA) is 3.24 Å². The number of hydrogen-bond donors (Lipinski definition) is 0. The summed E-state index contributed by atoms with van der Waals surface area (Å²) in [5, 5.41) is 2.87. The molecule has 3 heteroatoms. The first-order valence-electron chi connectivity index (χ1n) is 4.04. The molecule has 0 unspecified atom stereocenters. The van der Waals surface area contributed by atoms with Crippen LogP contribution in [0.1, 0.15) is 11.8 Å². The van der Waals surface area contributed by atoms with Crippen LogP contribution in [0.5, 0.6) is 0 Å². The van der Waals surface area contributed by atoms with E-state index in [1.165, 1.54) is 4.88 Å². The van der Waals surface area contributed by atoms with Gasteiger partial charge in [0.1, 0.15) is 0 Å². The molecule has 0 aliphatic rings. The van der Waals surface area contributed by atoms with Gasteiger partial charge in [-0.15, -0.1) is 17.3 Å². The van der Waals surface area contributed by atoms with Crippen LogP contribution in [0.4, 0.5) is 0 Å². The highest BCUT2D eigenvalue weighted by Gasteiger charge is 2.03. The van der Waals surface area contributed by atoms with E-state index in [0.717, 1.165) is 18.1 Å². The summed E-state index contributed by atoms with van der Waals surface area (Å²) in [5.41, 5.74) is 0. The van der Waals surface area contributed by atoms with Crippen molar-refractivity contribution in [1.82, 2.24) is 4.90 Å². The Kier molecular flexibility index (Phi) is 4.31. The van der Waals surface area contributed by atoms with E-state index in [1.807, 2.05) is 25.4 Å². The standard InChI is InChI=1S/C10H12ClNS/c1-3-4-6-12(2)8-10-9(11)5-7-13-10/h5,7H,6,8H2,1-2H3. The van der Waals surface area contributed by atoms with Gasteiger partial charge in [-0.3, -0.25) is 4.90 Å². The summed E-state index contributed by atoms with van der Waals surface area (Å²) in [6.45, 7) is 3.53. The van der Waals surface area contributed by atoms with Crippen LogP contribution in [-0.2, 0) is 6.54 Å². The molecule has 0 aliphatic carbocycles. The summed E-state index contributed by atoms with van der Waals surface area (Å²) >= 11 is 7.66. The summed E-state index contributed by atoms with van der Waals surface area (Å²) in [6.07, 6.45) is 0. The highest BCUT2D eigenvalue weighted by atomic mass is 35.5. The maximum absolute atomic E-state index is 5.97. The van der Waals surface area contributed by atoms with Crippen molar-refractivity contribution in [2.45, 2.75) is 13.5 Å². The lowest BCUT2D eigenvalue weighted by Gasteiger charge is -2.11. The Morgan fingerprint density at radius 3 is 2.92 bits per heavy atom. The van der Waals surface area contributed by atoms with Crippen LogP contribution < -0.4 is 0 Å². The molecule has 0 aliphatic heterocycles. The number of nitrogens with zero attached hydrogens (tertiary/aromatic N) is 1. The molecule has 1 aromatic heterocycles. The average molecular weight is 214 g/mol. The SMILES string of the molecule is CC#CCN(C)Cc1sccc1Cl.